The molecule has 3 atom stereocenters. The minimum atomic E-state index is 0.308. The second-order valence-corrected chi connectivity index (χ2v) is 6.42. The molecule has 4 nitrogen and oxygen atoms in total. The van der Waals surface area contributed by atoms with Gasteiger partial charge in [-0.25, -0.2) is 0 Å². The zero-order valence-electron chi connectivity index (χ0n) is 12.9. The van der Waals surface area contributed by atoms with Gasteiger partial charge in [0.1, 0.15) is 0 Å². The molecule has 0 bridgehead atoms. The largest absolute Gasteiger partial charge is 0.376 e. The molecule has 114 valence electrons. The number of likely N-dealkylation sites (N-methyl/N-ethyl adjacent to an activating group) is 1. The van der Waals surface area contributed by atoms with E-state index in [-0.39, 0.29) is 0 Å². The molecular weight excluding hydrogens is 318 g/mol. The highest BCUT2D eigenvalue weighted by atomic mass is 79.9. The Morgan fingerprint density at radius 3 is 2.80 bits per heavy atom. The van der Waals surface area contributed by atoms with E-state index >= 15 is 0 Å². The first kappa shape index (κ1) is 16.0. The molecule has 0 aliphatic carbocycles. The SMILES string of the molecule is CCNC(Cc1c(Br)c(C)nn1CC)C1OCCC1C. The fourth-order valence-electron chi connectivity index (χ4n) is 3.07. The van der Waals surface area contributed by atoms with E-state index in [1.54, 1.807) is 0 Å². The lowest BCUT2D eigenvalue weighted by Crippen LogP contribution is -2.44. The average Bonchev–Trinajstić information content (AvgIpc) is 2.96. The summed E-state index contributed by atoms with van der Waals surface area (Å²) in [6, 6.07) is 0.357. The lowest BCUT2D eigenvalue weighted by molar-refractivity contribution is 0.0608. The Labute approximate surface area is 130 Å². The Balaban J connectivity index is 2.19. The third-order valence-electron chi connectivity index (χ3n) is 4.17. The zero-order valence-corrected chi connectivity index (χ0v) is 14.5. The molecule has 0 saturated carbocycles. The van der Waals surface area contributed by atoms with Crippen LogP contribution in [0, 0.1) is 12.8 Å². The number of halogens is 1. The van der Waals surface area contributed by atoms with Gasteiger partial charge in [0, 0.05) is 25.6 Å². The van der Waals surface area contributed by atoms with Crippen molar-refractivity contribution in [2.24, 2.45) is 5.92 Å². The van der Waals surface area contributed by atoms with Gasteiger partial charge >= 0.3 is 0 Å². The summed E-state index contributed by atoms with van der Waals surface area (Å²) in [5.74, 6) is 0.622. The van der Waals surface area contributed by atoms with Crippen molar-refractivity contribution in [3.8, 4) is 0 Å². The summed E-state index contributed by atoms with van der Waals surface area (Å²) in [5.41, 5.74) is 2.34. The van der Waals surface area contributed by atoms with Crippen LogP contribution in [0.1, 0.15) is 38.6 Å². The van der Waals surface area contributed by atoms with Gasteiger partial charge in [-0.15, -0.1) is 0 Å². The van der Waals surface area contributed by atoms with Crippen LogP contribution in [0.15, 0.2) is 4.47 Å². The predicted octanol–water partition coefficient (Wildman–Crippen LogP) is 2.92. The molecule has 1 aromatic rings. The number of hydrogen-bond donors (Lipinski definition) is 1. The third kappa shape index (κ3) is 3.26. The fraction of sp³-hybridized carbons (Fsp3) is 0.800. The molecule has 2 heterocycles. The van der Waals surface area contributed by atoms with E-state index in [0.717, 1.165) is 36.3 Å². The molecule has 5 heteroatoms. The van der Waals surface area contributed by atoms with E-state index in [1.165, 1.54) is 12.1 Å². The smallest absolute Gasteiger partial charge is 0.0758 e. The van der Waals surface area contributed by atoms with Crippen molar-refractivity contribution in [3.63, 3.8) is 0 Å². The van der Waals surface area contributed by atoms with Crippen molar-refractivity contribution in [2.45, 2.75) is 59.2 Å². The van der Waals surface area contributed by atoms with Gasteiger partial charge in [0.25, 0.3) is 0 Å². The topological polar surface area (TPSA) is 39.1 Å². The van der Waals surface area contributed by atoms with Gasteiger partial charge < -0.3 is 10.1 Å². The molecule has 1 aliphatic heterocycles. The Morgan fingerprint density at radius 2 is 2.25 bits per heavy atom. The Bertz CT molecular complexity index is 447. The number of ether oxygens (including phenoxy) is 1. The molecule has 1 aliphatic rings. The molecular formula is C15H26BrN3O. The van der Waals surface area contributed by atoms with Crippen molar-refractivity contribution >= 4 is 15.9 Å². The molecule has 1 aromatic heterocycles. The van der Waals surface area contributed by atoms with Gasteiger partial charge in [0.15, 0.2) is 0 Å². The van der Waals surface area contributed by atoms with E-state index in [2.05, 4.69) is 58.7 Å². The van der Waals surface area contributed by atoms with Crippen LogP contribution in [0.25, 0.3) is 0 Å². The van der Waals surface area contributed by atoms with Crippen LogP contribution in [0.3, 0.4) is 0 Å². The minimum absolute atomic E-state index is 0.308. The highest BCUT2D eigenvalue weighted by Gasteiger charge is 2.32. The molecule has 2 rings (SSSR count). The number of rotatable bonds is 6. The standard InChI is InChI=1S/C15H26BrN3O/c1-5-17-12(15-10(3)7-8-20-15)9-13-14(16)11(4)18-19(13)6-2/h10,12,15,17H,5-9H2,1-4H3. The van der Waals surface area contributed by atoms with Crippen molar-refractivity contribution in [3.05, 3.63) is 15.9 Å². The summed E-state index contributed by atoms with van der Waals surface area (Å²) in [4.78, 5) is 0. The second-order valence-electron chi connectivity index (χ2n) is 5.63. The van der Waals surface area contributed by atoms with E-state index in [4.69, 9.17) is 4.74 Å². The molecule has 0 radical (unpaired) electrons. The van der Waals surface area contributed by atoms with Gasteiger partial charge in [-0.05, 0) is 48.7 Å². The van der Waals surface area contributed by atoms with Crippen LogP contribution >= 0.6 is 15.9 Å². The summed E-state index contributed by atoms with van der Waals surface area (Å²) >= 11 is 3.69. The number of nitrogens with zero attached hydrogens (tertiary/aromatic N) is 2. The average molecular weight is 344 g/mol. The first-order valence-corrected chi connectivity index (χ1v) is 8.44. The first-order chi connectivity index (χ1) is 9.58. The summed E-state index contributed by atoms with van der Waals surface area (Å²) in [5, 5.41) is 8.19. The van der Waals surface area contributed by atoms with Gasteiger partial charge in [-0.2, -0.15) is 5.10 Å². The molecule has 0 spiro atoms. The summed E-state index contributed by atoms with van der Waals surface area (Å²) in [6.45, 7) is 11.4. The Morgan fingerprint density at radius 1 is 1.50 bits per heavy atom. The molecule has 0 aromatic carbocycles. The molecule has 3 unspecified atom stereocenters. The summed E-state index contributed by atoms with van der Waals surface area (Å²) in [7, 11) is 0. The van der Waals surface area contributed by atoms with E-state index < -0.39 is 0 Å². The van der Waals surface area contributed by atoms with Crippen molar-refractivity contribution in [1.82, 2.24) is 15.1 Å². The highest BCUT2D eigenvalue weighted by molar-refractivity contribution is 9.10. The number of aromatic nitrogens is 2. The van der Waals surface area contributed by atoms with E-state index in [1.807, 2.05) is 0 Å². The van der Waals surface area contributed by atoms with Gasteiger partial charge in [-0.3, -0.25) is 4.68 Å². The normalized spacial score (nSPS) is 24.2. The molecule has 20 heavy (non-hydrogen) atoms. The maximum atomic E-state index is 5.96. The van der Waals surface area contributed by atoms with Gasteiger partial charge in [0.2, 0.25) is 0 Å². The number of nitrogens with one attached hydrogen (secondary N) is 1. The zero-order chi connectivity index (χ0) is 14.7. The van der Waals surface area contributed by atoms with Crippen LogP contribution in [0.2, 0.25) is 0 Å². The molecule has 1 saturated heterocycles. The van der Waals surface area contributed by atoms with E-state index in [9.17, 15) is 0 Å². The van der Waals surface area contributed by atoms with Crippen molar-refractivity contribution in [2.75, 3.05) is 13.2 Å². The van der Waals surface area contributed by atoms with E-state index in [0.29, 0.717) is 18.1 Å². The summed E-state index contributed by atoms with van der Waals surface area (Å²) < 4.78 is 9.21. The molecule has 1 fully saturated rings. The van der Waals surface area contributed by atoms with Crippen LogP contribution in [0.4, 0.5) is 0 Å². The molecule has 1 N–H and O–H groups in total. The highest BCUT2D eigenvalue weighted by Crippen LogP contribution is 2.28. The van der Waals surface area contributed by atoms with Crippen LogP contribution in [-0.4, -0.2) is 35.1 Å². The number of aryl methyl sites for hydroxylation is 2. The second kappa shape index (κ2) is 7.05. The first-order valence-electron chi connectivity index (χ1n) is 7.65. The third-order valence-corrected chi connectivity index (χ3v) is 5.20. The quantitative estimate of drug-likeness (QED) is 0.863. The van der Waals surface area contributed by atoms with Crippen LogP contribution in [0.5, 0.6) is 0 Å². The number of hydrogen-bond acceptors (Lipinski definition) is 3. The molecule has 0 amide bonds. The summed E-state index contributed by atoms with van der Waals surface area (Å²) in [6.07, 6.45) is 2.43. The Kier molecular flexibility index (Phi) is 5.64. The lowest BCUT2D eigenvalue weighted by atomic mass is 9.94. The lowest BCUT2D eigenvalue weighted by Gasteiger charge is -2.27. The maximum Gasteiger partial charge on any atom is 0.0758 e. The van der Waals surface area contributed by atoms with Gasteiger partial charge in [-0.1, -0.05) is 13.8 Å². The van der Waals surface area contributed by atoms with Crippen molar-refractivity contribution < 1.29 is 4.74 Å². The van der Waals surface area contributed by atoms with Crippen molar-refractivity contribution in [1.29, 1.82) is 0 Å². The van der Waals surface area contributed by atoms with Crippen LogP contribution < -0.4 is 5.32 Å². The van der Waals surface area contributed by atoms with Crippen LogP contribution in [-0.2, 0) is 17.7 Å². The minimum Gasteiger partial charge on any atom is -0.376 e. The van der Waals surface area contributed by atoms with Gasteiger partial charge in [0.05, 0.1) is 22.0 Å². The maximum absolute atomic E-state index is 5.96. The monoisotopic (exact) mass is 343 g/mol. The fourth-order valence-corrected chi connectivity index (χ4v) is 3.52. The predicted molar refractivity (Wildman–Crippen MR) is 85.0 cm³/mol. The Hall–Kier alpha value is -0.390.